The summed E-state index contributed by atoms with van der Waals surface area (Å²) in [6.07, 6.45) is -0.624. The minimum atomic E-state index is -0.624. The summed E-state index contributed by atoms with van der Waals surface area (Å²) in [4.78, 5) is 28.3. The first-order valence-electron chi connectivity index (χ1n) is 10.2. The Labute approximate surface area is 175 Å². The Morgan fingerprint density at radius 3 is 2.57 bits per heavy atom. The predicted molar refractivity (Wildman–Crippen MR) is 110 cm³/mol. The van der Waals surface area contributed by atoms with E-state index < -0.39 is 6.10 Å². The second-order valence-corrected chi connectivity index (χ2v) is 7.83. The number of piperazine rings is 1. The van der Waals surface area contributed by atoms with E-state index in [1.165, 1.54) is 0 Å². The van der Waals surface area contributed by atoms with Gasteiger partial charge in [-0.3, -0.25) is 14.3 Å². The number of hydrogen-bond donors (Lipinski definition) is 2. The zero-order chi connectivity index (χ0) is 21.3. The molecule has 0 spiro atoms. The highest BCUT2D eigenvalue weighted by Crippen LogP contribution is 2.31. The van der Waals surface area contributed by atoms with Gasteiger partial charge in [0.2, 0.25) is 6.10 Å². The zero-order valence-electron chi connectivity index (χ0n) is 17.6. The number of carbonyl (C=O) groups excluding carboxylic acids is 2. The molecule has 2 aliphatic heterocycles. The molecule has 1 aromatic heterocycles. The maximum Gasteiger partial charge on any atom is 0.279 e. The summed E-state index contributed by atoms with van der Waals surface area (Å²) in [5.41, 5.74) is 2.53. The average molecular weight is 414 g/mol. The number of nitrogens with one attached hydrogen (secondary N) is 2. The first kappa shape index (κ1) is 20.2. The summed E-state index contributed by atoms with van der Waals surface area (Å²) < 4.78 is 13.3. The van der Waals surface area contributed by atoms with Crippen molar-refractivity contribution < 1.29 is 24.0 Å². The second kappa shape index (κ2) is 8.35. The van der Waals surface area contributed by atoms with Gasteiger partial charge in [0.1, 0.15) is 6.61 Å². The quantitative estimate of drug-likeness (QED) is 0.707. The highest BCUT2D eigenvalue weighted by Gasteiger charge is 2.34. The number of quaternary nitrogens is 1. The fraction of sp³-hybridized carbons (Fsp3) is 0.476. The van der Waals surface area contributed by atoms with E-state index in [9.17, 15) is 9.59 Å². The van der Waals surface area contributed by atoms with Crippen LogP contribution in [0.5, 0.6) is 11.5 Å². The SMILES string of the molecule is Cc1nn(C)c(C)c1NC(=O)C[NH+]1CCN(C(=O)[C@@H]2COc3ccccc3O2)CC1. The van der Waals surface area contributed by atoms with Gasteiger partial charge in [-0.05, 0) is 26.0 Å². The lowest BCUT2D eigenvalue weighted by atomic mass is 10.2. The van der Waals surface area contributed by atoms with Crippen LogP contribution in [0.2, 0.25) is 0 Å². The van der Waals surface area contributed by atoms with Crippen LogP contribution in [0.15, 0.2) is 24.3 Å². The fourth-order valence-electron chi connectivity index (χ4n) is 3.93. The third kappa shape index (κ3) is 4.11. The van der Waals surface area contributed by atoms with Gasteiger partial charge in [-0.2, -0.15) is 5.10 Å². The Hall–Kier alpha value is -3.07. The first-order valence-corrected chi connectivity index (χ1v) is 10.2. The zero-order valence-corrected chi connectivity index (χ0v) is 17.6. The molecule has 0 aliphatic carbocycles. The Morgan fingerprint density at radius 2 is 1.90 bits per heavy atom. The highest BCUT2D eigenvalue weighted by atomic mass is 16.6. The van der Waals surface area contributed by atoms with Gasteiger partial charge in [-0.1, -0.05) is 12.1 Å². The average Bonchev–Trinajstić information content (AvgIpc) is 2.99. The van der Waals surface area contributed by atoms with Crippen LogP contribution in [-0.2, 0) is 16.6 Å². The van der Waals surface area contributed by atoms with E-state index >= 15 is 0 Å². The standard InChI is InChI=1S/C21H27N5O4/c1-14-20(15(2)24(3)23-14)22-19(27)12-25-8-10-26(11-9-25)21(28)18-13-29-16-6-4-5-7-17(16)30-18/h4-7,18H,8-13H2,1-3H3,(H,22,27)/p+1/t18-/m0/s1. The number of aromatic nitrogens is 2. The predicted octanol–water partition coefficient (Wildman–Crippen LogP) is -0.457. The van der Waals surface area contributed by atoms with Crippen LogP contribution in [0.25, 0.3) is 0 Å². The number of nitrogens with zero attached hydrogens (tertiary/aromatic N) is 3. The molecule has 1 aromatic carbocycles. The molecule has 2 N–H and O–H groups in total. The van der Waals surface area contributed by atoms with E-state index in [-0.39, 0.29) is 18.4 Å². The van der Waals surface area contributed by atoms with Gasteiger partial charge in [0.25, 0.3) is 11.8 Å². The fourth-order valence-corrected chi connectivity index (χ4v) is 3.93. The third-order valence-electron chi connectivity index (χ3n) is 5.75. The molecule has 160 valence electrons. The molecular weight excluding hydrogens is 386 g/mol. The molecule has 2 aliphatic rings. The summed E-state index contributed by atoms with van der Waals surface area (Å²) in [7, 11) is 1.86. The lowest BCUT2D eigenvalue weighted by Crippen LogP contribution is -3.15. The number of amides is 2. The Bertz CT molecular complexity index is 949. The Balaban J connectivity index is 1.27. The normalized spacial score (nSPS) is 18.9. The Morgan fingerprint density at radius 1 is 1.20 bits per heavy atom. The summed E-state index contributed by atoms with van der Waals surface area (Å²) in [6.45, 7) is 7.02. The summed E-state index contributed by atoms with van der Waals surface area (Å²) >= 11 is 0. The maximum atomic E-state index is 12.8. The topological polar surface area (TPSA) is 90.1 Å². The van der Waals surface area contributed by atoms with Crippen LogP contribution in [0, 0.1) is 13.8 Å². The molecule has 9 nitrogen and oxygen atoms in total. The van der Waals surface area contributed by atoms with Crippen LogP contribution < -0.4 is 19.7 Å². The van der Waals surface area contributed by atoms with Gasteiger partial charge in [0.05, 0.1) is 43.3 Å². The lowest BCUT2D eigenvalue weighted by molar-refractivity contribution is -0.895. The number of carbonyl (C=O) groups is 2. The van der Waals surface area contributed by atoms with Crippen molar-refractivity contribution >= 4 is 17.5 Å². The van der Waals surface area contributed by atoms with Gasteiger partial charge < -0.3 is 24.6 Å². The van der Waals surface area contributed by atoms with Crippen LogP contribution >= 0.6 is 0 Å². The van der Waals surface area contributed by atoms with Crippen molar-refractivity contribution in [3.63, 3.8) is 0 Å². The number of hydrogen-bond acceptors (Lipinski definition) is 5. The minimum absolute atomic E-state index is 0.0374. The van der Waals surface area contributed by atoms with E-state index in [0.717, 1.165) is 22.0 Å². The van der Waals surface area contributed by atoms with Gasteiger partial charge in [-0.15, -0.1) is 0 Å². The molecule has 4 rings (SSSR count). The Kier molecular flexibility index (Phi) is 5.63. The van der Waals surface area contributed by atoms with Gasteiger partial charge in [0, 0.05) is 7.05 Å². The van der Waals surface area contributed by atoms with Crippen molar-refractivity contribution in [3.8, 4) is 11.5 Å². The minimum Gasteiger partial charge on any atom is -0.485 e. The van der Waals surface area contributed by atoms with Crippen molar-refractivity contribution in [1.29, 1.82) is 0 Å². The summed E-state index contributed by atoms with van der Waals surface area (Å²) in [5, 5.41) is 7.31. The molecule has 3 heterocycles. The molecule has 1 atom stereocenters. The molecule has 0 bridgehead atoms. The molecular formula is C21H28N5O4+. The largest absolute Gasteiger partial charge is 0.485 e. The molecule has 0 saturated carbocycles. The summed E-state index contributed by atoms with van der Waals surface area (Å²) in [5.74, 6) is 1.17. The monoisotopic (exact) mass is 414 g/mol. The second-order valence-electron chi connectivity index (χ2n) is 7.83. The molecule has 0 unspecified atom stereocenters. The van der Waals surface area contributed by atoms with Crippen LogP contribution in [0.1, 0.15) is 11.4 Å². The van der Waals surface area contributed by atoms with E-state index in [4.69, 9.17) is 9.47 Å². The van der Waals surface area contributed by atoms with Gasteiger partial charge >= 0.3 is 0 Å². The van der Waals surface area contributed by atoms with Crippen molar-refractivity contribution in [1.82, 2.24) is 14.7 Å². The molecule has 1 fully saturated rings. The van der Waals surface area contributed by atoms with Crippen molar-refractivity contribution in [2.75, 3.05) is 44.6 Å². The van der Waals surface area contributed by atoms with E-state index in [1.807, 2.05) is 39.1 Å². The van der Waals surface area contributed by atoms with E-state index in [2.05, 4.69) is 10.4 Å². The molecule has 2 aromatic rings. The number of ether oxygens (including phenoxy) is 2. The van der Waals surface area contributed by atoms with Gasteiger partial charge in [-0.25, -0.2) is 0 Å². The molecule has 0 radical (unpaired) electrons. The summed E-state index contributed by atoms with van der Waals surface area (Å²) in [6, 6.07) is 7.37. The van der Waals surface area contributed by atoms with E-state index in [0.29, 0.717) is 44.2 Å². The van der Waals surface area contributed by atoms with Crippen molar-refractivity contribution in [3.05, 3.63) is 35.7 Å². The smallest absolute Gasteiger partial charge is 0.279 e. The lowest BCUT2D eigenvalue weighted by Gasteiger charge is -2.35. The van der Waals surface area contributed by atoms with Crippen molar-refractivity contribution in [2.45, 2.75) is 20.0 Å². The first-order chi connectivity index (χ1) is 14.4. The number of rotatable bonds is 4. The molecule has 1 saturated heterocycles. The number of aryl methyl sites for hydroxylation is 2. The van der Waals surface area contributed by atoms with Crippen LogP contribution in [0.3, 0.4) is 0 Å². The molecule has 30 heavy (non-hydrogen) atoms. The van der Waals surface area contributed by atoms with Crippen LogP contribution in [-0.4, -0.2) is 71.9 Å². The highest BCUT2D eigenvalue weighted by molar-refractivity contribution is 5.92. The van der Waals surface area contributed by atoms with E-state index in [1.54, 1.807) is 15.6 Å². The molecule has 9 heteroatoms. The van der Waals surface area contributed by atoms with Crippen molar-refractivity contribution in [2.24, 2.45) is 7.05 Å². The third-order valence-corrected chi connectivity index (χ3v) is 5.75. The number of fused-ring (bicyclic) bond motifs is 1. The maximum absolute atomic E-state index is 12.8. The molecule has 2 amide bonds. The van der Waals surface area contributed by atoms with Gasteiger partial charge in [0.15, 0.2) is 18.0 Å². The number of para-hydroxylation sites is 2. The number of benzene rings is 1. The number of anilines is 1. The van der Waals surface area contributed by atoms with Crippen LogP contribution in [0.4, 0.5) is 5.69 Å².